The zero-order chi connectivity index (χ0) is 32.5. The average Bonchev–Trinajstić information content (AvgIpc) is 3.07. The average molecular weight is 723 g/mol. The largest absolute Gasteiger partial charge is 0.352 e. The van der Waals surface area contributed by atoms with Gasteiger partial charge in [0.15, 0.2) is 0 Å². The van der Waals surface area contributed by atoms with Crippen molar-refractivity contribution in [2.45, 2.75) is 62.0 Å². The maximum Gasteiger partial charge on any atom is 0.264 e. The van der Waals surface area contributed by atoms with E-state index in [0.29, 0.717) is 10.7 Å². The van der Waals surface area contributed by atoms with Crippen molar-refractivity contribution in [1.29, 1.82) is 0 Å². The standard InChI is InChI=1S/C36H37BrClN3O4S/c37-29-19-21-32(22-20-29)41(46(44,45)33-17-8-3-9-18-33)26-35(42)40(25-28-13-10-14-30(38)23-28)34(24-27-11-4-1-5-12-27)36(43)39-31-15-6-2-7-16-31/h1,3-5,8-14,17-23,31,34H,2,6-7,15-16,24-26H2,(H,39,43)/t34-/m0/s1. The normalized spacial score (nSPS) is 14.3. The van der Waals surface area contributed by atoms with Gasteiger partial charge >= 0.3 is 0 Å². The van der Waals surface area contributed by atoms with Crippen LogP contribution in [0.1, 0.15) is 43.2 Å². The Balaban J connectivity index is 1.55. The second-order valence-electron chi connectivity index (χ2n) is 11.5. The van der Waals surface area contributed by atoms with Gasteiger partial charge in [-0.3, -0.25) is 13.9 Å². The summed E-state index contributed by atoms with van der Waals surface area (Å²) in [5.74, 6) is -0.769. The number of halogens is 2. The van der Waals surface area contributed by atoms with Crippen LogP contribution in [0.15, 0.2) is 119 Å². The molecular formula is C36H37BrClN3O4S. The Labute approximate surface area is 284 Å². The minimum atomic E-state index is -4.15. The van der Waals surface area contributed by atoms with E-state index < -0.39 is 28.5 Å². The molecule has 240 valence electrons. The highest BCUT2D eigenvalue weighted by molar-refractivity contribution is 9.10. The Morgan fingerprint density at radius 3 is 2.11 bits per heavy atom. The van der Waals surface area contributed by atoms with Crippen LogP contribution in [0, 0.1) is 0 Å². The zero-order valence-corrected chi connectivity index (χ0v) is 28.6. The molecule has 1 aliphatic rings. The SMILES string of the molecule is O=C(NC1CCCCC1)[C@H](Cc1ccccc1)N(Cc1cccc(Cl)c1)C(=O)CN(c1ccc(Br)cc1)S(=O)(=O)c1ccccc1. The zero-order valence-electron chi connectivity index (χ0n) is 25.4. The van der Waals surface area contributed by atoms with Gasteiger partial charge in [0.2, 0.25) is 11.8 Å². The highest BCUT2D eigenvalue weighted by Gasteiger charge is 2.35. The Morgan fingerprint density at radius 1 is 0.826 bits per heavy atom. The van der Waals surface area contributed by atoms with Crippen molar-refractivity contribution in [2.24, 2.45) is 0 Å². The summed E-state index contributed by atoms with van der Waals surface area (Å²) < 4.78 is 30.0. The number of hydrogen-bond acceptors (Lipinski definition) is 4. The maximum atomic E-state index is 14.6. The van der Waals surface area contributed by atoms with Crippen LogP contribution in [0.3, 0.4) is 0 Å². The molecule has 1 aliphatic carbocycles. The minimum absolute atomic E-state index is 0.0281. The lowest BCUT2D eigenvalue weighted by Gasteiger charge is -2.35. The molecule has 4 aromatic carbocycles. The van der Waals surface area contributed by atoms with E-state index in [-0.39, 0.29) is 29.8 Å². The molecule has 0 spiro atoms. The number of carbonyl (C=O) groups is 2. The lowest BCUT2D eigenvalue weighted by atomic mass is 9.94. The summed E-state index contributed by atoms with van der Waals surface area (Å²) >= 11 is 9.75. The fourth-order valence-electron chi connectivity index (χ4n) is 5.79. The predicted octanol–water partition coefficient (Wildman–Crippen LogP) is 7.39. The highest BCUT2D eigenvalue weighted by Crippen LogP contribution is 2.27. The number of rotatable bonds is 12. The van der Waals surface area contributed by atoms with E-state index >= 15 is 0 Å². The van der Waals surface area contributed by atoms with Crippen molar-refractivity contribution in [1.82, 2.24) is 10.2 Å². The summed E-state index contributed by atoms with van der Waals surface area (Å²) in [5.41, 5.74) is 1.94. The summed E-state index contributed by atoms with van der Waals surface area (Å²) in [7, 11) is -4.15. The van der Waals surface area contributed by atoms with Gasteiger partial charge in [0, 0.05) is 28.5 Å². The molecule has 10 heteroatoms. The van der Waals surface area contributed by atoms with E-state index in [4.69, 9.17) is 11.6 Å². The fourth-order valence-corrected chi connectivity index (χ4v) is 7.70. The van der Waals surface area contributed by atoms with Crippen LogP contribution in [0.5, 0.6) is 0 Å². The van der Waals surface area contributed by atoms with Crippen LogP contribution in [-0.4, -0.2) is 43.8 Å². The van der Waals surface area contributed by atoms with Gasteiger partial charge in [-0.2, -0.15) is 0 Å². The summed E-state index contributed by atoms with van der Waals surface area (Å²) in [6.45, 7) is -0.448. The van der Waals surface area contributed by atoms with Crippen molar-refractivity contribution in [2.75, 3.05) is 10.8 Å². The molecule has 46 heavy (non-hydrogen) atoms. The van der Waals surface area contributed by atoms with E-state index in [0.717, 1.165) is 52.0 Å². The molecule has 7 nitrogen and oxygen atoms in total. The van der Waals surface area contributed by atoms with Crippen molar-refractivity contribution in [3.8, 4) is 0 Å². The molecule has 4 aromatic rings. The second-order valence-corrected chi connectivity index (χ2v) is 14.7. The molecule has 5 rings (SSSR count). The maximum absolute atomic E-state index is 14.6. The summed E-state index contributed by atoms with van der Waals surface area (Å²) in [4.78, 5) is 30.3. The van der Waals surface area contributed by atoms with Gasteiger partial charge < -0.3 is 10.2 Å². The summed E-state index contributed by atoms with van der Waals surface area (Å²) in [6, 6.07) is 30.6. The van der Waals surface area contributed by atoms with Crippen LogP contribution < -0.4 is 9.62 Å². The van der Waals surface area contributed by atoms with Gasteiger partial charge in [0.05, 0.1) is 10.6 Å². The minimum Gasteiger partial charge on any atom is -0.352 e. The Bertz CT molecular complexity index is 1720. The first-order chi connectivity index (χ1) is 22.2. The highest BCUT2D eigenvalue weighted by atomic mass is 79.9. The molecule has 0 heterocycles. The van der Waals surface area contributed by atoms with E-state index in [1.165, 1.54) is 17.0 Å². The van der Waals surface area contributed by atoms with Crippen LogP contribution >= 0.6 is 27.5 Å². The first kappa shape index (κ1) is 33.7. The lowest BCUT2D eigenvalue weighted by Crippen LogP contribution is -2.55. The molecule has 0 saturated heterocycles. The van der Waals surface area contributed by atoms with Gasteiger partial charge in [0.1, 0.15) is 12.6 Å². The number of carbonyl (C=O) groups excluding carboxylic acids is 2. The molecule has 1 saturated carbocycles. The Morgan fingerprint density at radius 2 is 1.46 bits per heavy atom. The fraction of sp³-hybridized carbons (Fsp3) is 0.278. The molecule has 0 radical (unpaired) electrons. The summed E-state index contributed by atoms with van der Waals surface area (Å²) in [5, 5.41) is 3.72. The first-order valence-corrected chi connectivity index (χ1v) is 18.0. The molecule has 0 aromatic heterocycles. The van der Waals surface area contributed by atoms with Crippen molar-refractivity contribution in [3.05, 3.63) is 130 Å². The van der Waals surface area contributed by atoms with Gasteiger partial charge in [-0.15, -0.1) is 0 Å². The van der Waals surface area contributed by atoms with Gasteiger partial charge in [0.25, 0.3) is 10.0 Å². The van der Waals surface area contributed by atoms with Crippen molar-refractivity contribution < 1.29 is 18.0 Å². The number of benzene rings is 4. The van der Waals surface area contributed by atoms with Gasteiger partial charge in [-0.1, -0.05) is 107 Å². The Hall–Kier alpha value is -3.66. The quantitative estimate of drug-likeness (QED) is 0.165. The number of anilines is 1. The van der Waals surface area contributed by atoms with Crippen LogP contribution in [0.2, 0.25) is 5.02 Å². The van der Waals surface area contributed by atoms with E-state index in [9.17, 15) is 18.0 Å². The number of amides is 2. The molecule has 0 unspecified atom stereocenters. The molecule has 0 bridgehead atoms. The predicted molar refractivity (Wildman–Crippen MR) is 186 cm³/mol. The third-order valence-corrected chi connectivity index (χ3v) is 10.7. The van der Waals surface area contributed by atoms with Crippen molar-refractivity contribution >= 4 is 55.1 Å². The number of sulfonamides is 1. The van der Waals surface area contributed by atoms with E-state index in [1.54, 1.807) is 60.7 Å². The van der Waals surface area contributed by atoms with Gasteiger partial charge in [-0.25, -0.2) is 8.42 Å². The Kier molecular flexibility index (Phi) is 11.5. The van der Waals surface area contributed by atoms with Crippen LogP contribution in [0.4, 0.5) is 5.69 Å². The number of nitrogens with zero attached hydrogens (tertiary/aromatic N) is 2. The molecule has 1 atom stereocenters. The molecular weight excluding hydrogens is 686 g/mol. The number of nitrogens with one attached hydrogen (secondary N) is 1. The number of hydrogen-bond donors (Lipinski definition) is 1. The first-order valence-electron chi connectivity index (χ1n) is 15.4. The van der Waals surface area contributed by atoms with E-state index in [1.807, 2.05) is 36.4 Å². The second kappa shape index (κ2) is 15.8. The third-order valence-electron chi connectivity index (χ3n) is 8.19. The monoisotopic (exact) mass is 721 g/mol. The lowest BCUT2D eigenvalue weighted by molar-refractivity contribution is -0.140. The smallest absolute Gasteiger partial charge is 0.264 e. The molecule has 0 aliphatic heterocycles. The third kappa shape index (κ3) is 8.78. The topological polar surface area (TPSA) is 86.8 Å². The summed E-state index contributed by atoms with van der Waals surface area (Å²) in [6.07, 6.45) is 5.26. The van der Waals surface area contributed by atoms with Crippen LogP contribution in [0.25, 0.3) is 0 Å². The molecule has 2 amide bonds. The van der Waals surface area contributed by atoms with Gasteiger partial charge in [-0.05, 0) is 72.5 Å². The molecule has 1 fully saturated rings. The van der Waals surface area contributed by atoms with Crippen molar-refractivity contribution in [3.63, 3.8) is 0 Å². The molecule has 1 N–H and O–H groups in total. The van der Waals surface area contributed by atoms with E-state index in [2.05, 4.69) is 21.2 Å². The van der Waals surface area contributed by atoms with Crippen LogP contribution in [-0.2, 0) is 32.6 Å².